The summed E-state index contributed by atoms with van der Waals surface area (Å²) in [6.07, 6.45) is 0. The molecule has 3 N–H and O–H groups in total. The van der Waals surface area contributed by atoms with Crippen LogP contribution >= 0.6 is 11.8 Å². The van der Waals surface area contributed by atoms with Crippen molar-refractivity contribution >= 4 is 17.7 Å². The number of carbonyl (C=O) groups excluding carboxylic acids is 1. The van der Waals surface area contributed by atoms with Gasteiger partial charge in [0.05, 0.1) is 12.2 Å². The first kappa shape index (κ1) is 14.3. The second kappa shape index (κ2) is 6.86. The van der Waals surface area contributed by atoms with Crippen LogP contribution < -0.4 is 10.5 Å². The molecule has 0 heterocycles. The van der Waals surface area contributed by atoms with Crippen LogP contribution in [0.2, 0.25) is 0 Å². The van der Waals surface area contributed by atoms with Gasteiger partial charge < -0.3 is 15.6 Å². The van der Waals surface area contributed by atoms with Gasteiger partial charge in [0.15, 0.2) is 0 Å². The Hall–Kier alpha value is -2.14. The van der Waals surface area contributed by atoms with Crippen molar-refractivity contribution in [2.45, 2.75) is 4.90 Å². The number of hydrogen-bond donors (Lipinski definition) is 2. The predicted octanol–water partition coefficient (Wildman–Crippen LogP) is 2.66. The molecule has 20 heavy (non-hydrogen) atoms. The number of benzene rings is 2. The Kier molecular flexibility index (Phi) is 4.90. The van der Waals surface area contributed by atoms with Gasteiger partial charge in [0.25, 0.3) is 5.91 Å². The summed E-state index contributed by atoms with van der Waals surface area (Å²) >= 11 is 1.67. The van der Waals surface area contributed by atoms with Gasteiger partial charge in [-0.1, -0.05) is 18.2 Å². The normalized spacial score (nSPS) is 10.2. The van der Waals surface area contributed by atoms with Crippen LogP contribution in [0, 0.1) is 0 Å². The minimum absolute atomic E-state index is 0.00943. The molecule has 0 aliphatic rings. The van der Waals surface area contributed by atoms with Gasteiger partial charge in [-0.3, -0.25) is 4.79 Å². The van der Waals surface area contributed by atoms with Crippen molar-refractivity contribution in [1.82, 2.24) is 0 Å². The monoisotopic (exact) mass is 289 g/mol. The lowest BCUT2D eigenvalue weighted by Crippen LogP contribution is -2.13. The van der Waals surface area contributed by atoms with Crippen LogP contribution in [-0.4, -0.2) is 23.4 Å². The van der Waals surface area contributed by atoms with Crippen LogP contribution in [-0.2, 0) is 0 Å². The highest BCUT2D eigenvalue weighted by Gasteiger charge is 2.10. The van der Waals surface area contributed by atoms with Crippen molar-refractivity contribution in [2.24, 2.45) is 5.73 Å². The van der Waals surface area contributed by atoms with Crippen LogP contribution in [0.3, 0.4) is 0 Å². The summed E-state index contributed by atoms with van der Waals surface area (Å²) in [7, 11) is 0. The Labute approximate surface area is 121 Å². The topological polar surface area (TPSA) is 72.6 Å². The van der Waals surface area contributed by atoms with E-state index < -0.39 is 5.91 Å². The molecule has 104 valence electrons. The highest BCUT2D eigenvalue weighted by molar-refractivity contribution is 7.99. The number of hydrogen-bond acceptors (Lipinski definition) is 4. The van der Waals surface area contributed by atoms with E-state index in [4.69, 9.17) is 10.5 Å². The summed E-state index contributed by atoms with van der Waals surface area (Å²) in [5.74, 6) is 0.517. The Morgan fingerprint density at radius 2 is 1.95 bits per heavy atom. The minimum Gasteiger partial charge on any atom is -0.508 e. The summed E-state index contributed by atoms with van der Waals surface area (Å²) in [4.78, 5) is 12.4. The van der Waals surface area contributed by atoms with Gasteiger partial charge in [-0.2, -0.15) is 0 Å². The van der Waals surface area contributed by atoms with E-state index in [-0.39, 0.29) is 11.3 Å². The fourth-order valence-electron chi connectivity index (χ4n) is 1.66. The Morgan fingerprint density at radius 3 is 2.65 bits per heavy atom. The zero-order valence-electron chi connectivity index (χ0n) is 10.8. The van der Waals surface area contributed by atoms with Gasteiger partial charge in [-0.15, -0.1) is 11.8 Å². The number of carbonyl (C=O) groups is 1. The van der Waals surface area contributed by atoms with Gasteiger partial charge in [-0.05, 0) is 30.3 Å². The number of thioether (sulfide) groups is 1. The third-order valence-electron chi connectivity index (χ3n) is 2.58. The molecule has 1 amide bonds. The summed E-state index contributed by atoms with van der Waals surface area (Å²) in [5, 5.41) is 9.34. The quantitative estimate of drug-likeness (QED) is 0.633. The van der Waals surface area contributed by atoms with Crippen LogP contribution in [0.5, 0.6) is 11.5 Å². The molecule has 0 aliphatic carbocycles. The molecule has 0 fully saturated rings. The van der Waals surface area contributed by atoms with E-state index in [1.54, 1.807) is 17.8 Å². The third kappa shape index (κ3) is 3.93. The molecular weight excluding hydrogens is 274 g/mol. The molecular formula is C15H15NO3S. The third-order valence-corrected chi connectivity index (χ3v) is 3.56. The molecule has 0 radical (unpaired) electrons. The maximum Gasteiger partial charge on any atom is 0.252 e. The molecule has 2 aromatic carbocycles. The summed E-state index contributed by atoms with van der Waals surface area (Å²) < 4.78 is 5.54. The highest BCUT2D eigenvalue weighted by Crippen LogP contribution is 2.24. The molecule has 2 rings (SSSR count). The van der Waals surface area contributed by atoms with Gasteiger partial charge in [0.1, 0.15) is 11.5 Å². The van der Waals surface area contributed by atoms with Crippen LogP contribution in [0.25, 0.3) is 0 Å². The lowest BCUT2D eigenvalue weighted by atomic mass is 10.2. The van der Waals surface area contributed by atoms with Gasteiger partial charge >= 0.3 is 0 Å². The van der Waals surface area contributed by atoms with E-state index in [9.17, 15) is 9.90 Å². The number of ether oxygens (including phenoxy) is 1. The maximum atomic E-state index is 11.3. The zero-order valence-corrected chi connectivity index (χ0v) is 11.6. The van der Waals surface area contributed by atoms with Crippen molar-refractivity contribution in [3.8, 4) is 11.5 Å². The molecule has 0 aliphatic heterocycles. The Balaban J connectivity index is 1.90. The van der Waals surface area contributed by atoms with Crippen molar-refractivity contribution < 1.29 is 14.6 Å². The van der Waals surface area contributed by atoms with Crippen LogP contribution in [0.4, 0.5) is 0 Å². The number of aromatic hydroxyl groups is 1. The summed E-state index contributed by atoms with van der Waals surface area (Å²) in [6, 6.07) is 14.3. The number of phenols is 1. The average molecular weight is 289 g/mol. The molecule has 0 aromatic heterocycles. The fraction of sp³-hybridized carbons (Fsp3) is 0.133. The predicted molar refractivity (Wildman–Crippen MR) is 79.3 cm³/mol. The summed E-state index contributed by atoms with van der Waals surface area (Å²) in [5.41, 5.74) is 5.43. The second-order valence-electron chi connectivity index (χ2n) is 4.05. The molecule has 0 atom stereocenters. The lowest BCUT2D eigenvalue weighted by molar-refractivity contribution is 0.0996. The Bertz CT molecular complexity index is 587. The smallest absolute Gasteiger partial charge is 0.252 e. The summed E-state index contributed by atoms with van der Waals surface area (Å²) in [6.45, 7) is 0.449. The van der Waals surface area contributed by atoms with Crippen molar-refractivity contribution in [1.29, 1.82) is 0 Å². The van der Waals surface area contributed by atoms with E-state index in [1.807, 2.05) is 30.3 Å². The van der Waals surface area contributed by atoms with E-state index >= 15 is 0 Å². The second-order valence-corrected chi connectivity index (χ2v) is 5.22. The maximum absolute atomic E-state index is 11.3. The molecule has 5 heteroatoms. The van der Waals surface area contributed by atoms with Crippen molar-refractivity contribution in [3.05, 3.63) is 54.1 Å². The number of primary amides is 1. The van der Waals surface area contributed by atoms with Crippen molar-refractivity contribution in [2.75, 3.05) is 12.4 Å². The molecule has 0 saturated heterocycles. The van der Waals surface area contributed by atoms with Gasteiger partial charge in [0, 0.05) is 10.6 Å². The molecule has 0 bridgehead atoms. The van der Waals surface area contributed by atoms with Crippen LogP contribution in [0.1, 0.15) is 10.4 Å². The fourth-order valence-corrected chi connectivity index (χ4v) is 2.42. The van der Waals surface area contributed by atoms with Gasteiger partial charge in [0.2, 0.25) is 0 Å². The first-order valence-corrected chi connectivity index (χ1v) is 7.09. The van der Waals surface area contributed by atoms with Crippen molar-refractivity contribution in [3.63, 3.8) is 0 Å². The molecule has 0 saturated carbocycles. The largest absolute Gasteiger partial charge is 0.508 e. The van der Waals surface area contributed by atoms with E-state index in [0.717, 1.165) is 10.6 Å². The van der Waals surface area contributed by atoms with Crippen LogP contribution in [0.15, 0.2) is 53.4 Å². The standard InChI is InChI=1S/C15H15NO3S/c16-15(18)13-10-11(17)6-7-14(13)19-8-9-20-12-4-2-1-3-5-12/h1-7,10,17H,8-9H2,(H2,16,18). The minimum atomic E-state index is -0.619. The van der Waals surface area contributed by atoms with E-state index in [2.05, 4.69) is 0 Å². The molecule has 4 nitrogen and oxygen atoms in total. The van der Waals surface area contributed by atoms with Gasteiger partial charge in [-0.25, -0.2) is 0 Å². The Morgan fingerprint density at radius 1 is 1.20 bits per heavy atom. The number of phenolic OH excluding ortho intramolecular Hbond substituents is 1. The molecule has 2 aromatic rings. The zero-order chi connectivity index (χ0) is 14.4. The number of rotatable bonds is 6. The first-order chi connectivity index (χ1) is 9.66. The first-order valence-electron chi connectivity index (χ1n) is 6.10. The highest BCUT2D eigenvalue weighted by atomic mass is 32.2. The SMILES string of the molecule is NC(=O)c1cc(O)ccc1OCCSc1ccccc1. The number of nitrogens with two attached hydrogens (primary N) is 1. The molecule has 0 spiro atoms. The van der Waals surface area contributed by atoms with E-state index in [1.165, 1.54) is 12.1 Å². The van der Waals surface area contributed by atoms with E-state index in [0.29, 0.717) is 12.4 Å². The average Bonchev–Trinajstić information content (AvgIpc) is 2.45. The lowest BCUT2D eigenvalue weighted by Gasteiger charge is -2.09. The molecule has 0 unspecified atom stereocenters. The number of amides is 1.